The highest BCUT2D eigenvalue weighted by molar-refractivity contribution is 7.86. The largest absolute Gasteiger partial charge is 0.379 e. The predicted octanol–water partition coefficient (Wildman–Crippen LogP) is 8.77. The van der Waals surface area contributed by atoms with E-state index < -0.39 is 10.1 Å². The second-order valence-corrected chi connectivity index (χ2v) is 12.9. The molecule has 5 nitrogen and oxygen atoms in total. The van der Waals surface area contributed by atoms with E-state index in [1.807, 2.05) is 6.92 Å². The summed E-state index contributed by atoms with van der Waals surface area (Å²) in [7, 11) is -3.65. The Kier molecular flexibility index (Phi) is 18.3. The van der Waals surface area contributed by atoms with Gasteiger partial charge in [0, 0.05) is 13.2 Å². The Bertz CT molecular complexity index is 793. The maximum absolute atomic E-state index is 12.2. The van der Waals surface area contributed by atoms with Gasteiger partial charge in [0.15, 0.2) is 0 Å². The van der Waals surface area contributed by atoms with Crippen LogP contribution in [-0.2, 0) is 23.8 Å². The van der Waals surface area contributed by atoms with E-state index in [4.69, 9.17) is 13.7 Å². The molecule has 0 spiro atoms. The molecule has 0 N–H and O–H groups in total. The van der Waals surface area contributed by atoms with Crippen LogP contribution in [-0.4, -0.2) is 40.9 Å². The summed E-state index contributed by atoms with van der Waals surface area (Å²) in [4.78, 5) is 0.224. The van der Waals surface area contributed by atoms with Crippen LogP contribution in [0.15, 0.2) is 29.2 Å². The van der Waals surface area contributed by atoms with Crippen molar-refractivity contribution in [1.29, 1.82) is 0 Å². The number of rotatable bonds is 24. The van der Waals surface area contributed by atoms with Crippen molar-refractivity contribution in [3.63, 3.8) is 0 Å². The molecule has 38 heavy (non-hydrogen) atoms. The number of unbranched alkanes of at least 4 members (excludes halogenated alkanes) is 14. The van der Waals surface area contributed by atoms with Gasteiger partial charge in [0.1, 0.15) is 0 Å². The molecular weight excluding hydrogens is 496 g/mol. The van der Waals surface area contributed by atoms with Crippen LogP contribution < -0.4 is 0 Å². The molecule has 0 unspecified atom stereocenters. The van der Waals surface area contributed by atoms with Gasteiger partial charge in [-0.15, -0.1) is 0 Å². The number of benzene rings is 1. The number of aryl methyl sites for hydroxylation is 1. The van der Waals surface area contributed by atoms with Crippen molar-refractivity contribution in [2.45, 2.75) is 140 Å². The minimum Gasteiger partial charge on any atom is -0.379 e. The maximum Gasteiger partial charge on any atom is 0.296 e. The van der Waals surface area contributed by atoms with Crippen molar-refractivity contribution < 1.29 is 22.1 Å². The van der Waals surface area contributed by atoms with E-state index in [0.29, 0.717) is 12.5 Å². The maximum atomic E-state index is 12.2. The van der Waals surface area contributed by atoms with E-state index in [2.05, 4.69) is 6.92 Å². The van der Waals surface area contributed by atoms with Gasteiger partial charge in [0.2, 0.25) is 0 Å². The zero-order valence-electron chi connectivity index (χ0n) is 24.5. The first kappa shape index (κ1) is 33.3. The fraction of sp³-hybridized carbons (Fsp3) is 0.812. The average molecular weight is 553 g/mol. The van der Waals surface area contributed by atoms with E-state index in [9.17, 15) is 8.42 Å². The van der Waals surface area contributed by atoms with E-state index in [-0.39, 0.29) is 17.6 Å². The predicted molar refractivity (Wildman–Crippen MR) is 157 cm³/mol. The molecule has 0 saturated carbocycles. The fourth-order valence-corrected chi connectivity index (χ4v) is 6.13. The molecule has 0 bridgehead atoms. The summed E-state index contributed by atoms with van der Waals surface area (Å²) in [5, 5.41) is 0. The van der Waals surface area contributed by atoms with Crippen LogP contribution in [0.1, 0.15) is 128 Å². The van der Waals surface area contributed by atoms with Crippen LogP contribution >= 0.6 is 0 Å². The molecule has 1 aromatic rings. The van der Waals surface area contributed by atoms with Gasteiger partial charge in [0.25, 0.3) is 10.1 Å². The van der Waals surface area contributed by atoms with E-state index >= 15 is 0 Å². The first-order chi connectivity index (χ1) is 18.5. The number of hydrogen-bond acceptors (Lipinski definition) is 5. The Morgan fingerprint density at radius 1 is 0.763 bits per heavy atom. The van der Waals surface area contributed by atoms with Crippen molar-refractivity contribution in [1.82, 2.24) is 0 Å². The third kappa shape index (κ3) is 15.6. The Hall–Kier alpha value is -0.950. The van der Waals surface area contributed by atoms with Crippen molar-refractivity contribution in [3.05, 3.63) is 29.8 Å². The van der Waals surface area contributed by atoms with Gasteiger partial charge < -0.3 is 9.47 Å². The zero-order chi connectivity index (χ0) is 27.3. The van der Waals surface area contributed by atoms with Crippen molar-refractivity contribution in [3.8, 4) is 0 Å². The highest BCUT2D eigenvalue weighted by Gasteiger charge is 2.25. The van der Waals surface area contributed by atoms with E-state index in [1.165, 1.54) is 83.5 Å². The molecule has 0 aromatic heterocycles. The normalized spacial score (nSPS) is 17.8. The van der Waals surface area contributed by atoms with Crippen molar-refractivity contribution >= 4 is 10.1 Å². The molecular formula is C32H56O5S. The number of ether oxygens (including phenoxy) is 2. The Balaban J connectivity index is 1.34. The quantitative estimate of drug-likeness (QED) is 0.0947. The minimum absolute atomic E-state index is 0.224. The molecule has 1 aliphatic heterocycles. The topological polar surface area (TPSA) is 61.8 Å². The Morgan fingerprint density at radius 3 is 1.95 bits per heavy atom. The molecule has 0 aliphatic carbocycles. The van der Waals surface area contributed by atoms with Crippen LogP contribution in [0.4, 0.5) is 0 Å². The summed E-state index contributed by atoms with van der Waals surface area (Å²) in [5.74, 6) is 0.711. The van der Waals surface area contributed by atoms with Gasteiger partial charge in [-0.3, -0.25) is 4.18 Å². The fourth-order valence-electron chi connectivity index (χ4n) is 5.19. The van der Waals surface area contributed by atoms with Gasteiger partial charge in [0.05, 0.1) is 24.2 Å². The molecule has 1 aromatic carbocycles. The summed E-state index contributed by atoms with van der Waals surface area (Å²) in [5.41, 5.74) is 1.03. The first-order valence-corrected chi connectivity index (χ1v) is 17.1. The summed E-state index contributed by atoms with van der Waals surface area (Å²) in [6.07, 6.45) is 23.2. The molecule has 2 atom stereocenters. The van der Waals surface area contributed by atoms with Crippen molar-refractivity contribution in [2.24, 2.45) is 5.92 Å². The minimum atomic E-state index is -3.65. The lowest BCUT2D eigenvalue weighted by Crippen LogP contribution is -2.14. The third-order valence-electron chi connectivity index (χ3n) is 7.66. The van der Waals surface area contributed by atoms with Gasteiger partial charge >= 0.3 is 0 Å². The highest BCUT2D eigenvalue weighted by Crippen LogP contribution is 2.25. The highest BCUT2D eigenvalue weighted by atomic mass is 32.2. The van der Waals surface area contributed by atoms with E-state index in [0.717, 1.165) is 50.9 Å². The molecule has 1 fully saturated rings. The summed E-state index contributed by atoms with van der Waals surface area (Å²) in [6, 6.07) is 6.76. The van der Waals surface area contributed by atoms with Crippen LogP contribution in [0.2, 0.25) is 0 Å². The molecule has 220 valence electrons. The monoisotopic (exact) mass is 552 g/mol. The molecule has 1 aliphatic rings. The van der Waals surface area contributed by atoms with Crippen LogP contribution in [0, 0.1) is 12.8 Å². The molecule has 2 rings (SSSR count). The molecule has 1 heterocycles. The van der Waals surface area contributed by atoms with Gasteiger partial charge in [-0.2, -0.15) is 8.42 Å². The van der Waals surface area contributed by atoms with Gasteiger partial charge in [-0.1, -0.05) is 115 Å². The second kappa shape index (κ2) is 20.9. The van der Waals surface area contributed by atoms with Gasteiger partial charge in [-0.25, -0.2) is 0 Å². The standard InChI is InChI=1S/C32H56O5S/c1-3-4-5-6-7-8-9-10-11-12-13-16-19-30-26-31(36-27-30)28-35-24-17-14-15-18-25-37-38(33,34)32-22-20-29(2)21-23-32/h20-23,30-31H,3-19,24-28H2,1-2H3/t30-,31+/m0/s1. The Labute approximate surface area is 234 Å². The lowest BCUT2D eigenvalue weighted by Gasteiger charge is -2.11. The van der Waals surface area contributed by atoms with Crippen LogP contribution in [0.3, 0.4) is 0 Å². The smallest absolute Gasteiger partial charge is 0.296 e. The summed E-state index contributed by atoms with van der Waals surface area (Å²) in [6.45, 7) is 6.79. The molecule has 0 amide bonds. The second-order valence-electron chi connectivity index (χ2n) is 11.3. The van der Waals surface area contributed by atoms with Crippen LogP contribution in [0.25, 0.3) is 0 Å². The lowest BCUT2D eigenvalue weighted by molar-refractivity contribution is 0.0153. The molecule has 0 radical (unpaired) electrons. The van der Waals surface area contributed by atoms with Crippen molar-refractivity contribution in [2.75, 3.05) is 26.4 Å². The van der Waals surface area contributed by atoms with E-state index in [1.54, 1.807) is 24.3 Å². The van der Waals surface area contributed by atoms with Gasteiger partial charge in [-0.05, 0) is 50.7 Å². The third-order valence-corrected chi connectivity index (χ3v) is 8.99. The van der Waals surface area contributed by atoms with Crippen LogP contribution in [0.5, 0.6) is 0 Å². The zero-order valence-corrected chi connectivity index (χ0v) is 25.3. The lowest BCUT2D eigenvalue weighted by atomic mass is 9.97. The summed E-state index contributed by atoms with van der Waals surface area (Å²) < 4.78 is 41.3. The molecule has 1 saturated heterocycles. The Morgan fingerprint density at radius 2 is 1.32 bits per heavy atom. The molecule has 6 heteroatoms. The average Bonchev–Trinajstić information content (AvgIpc) is 3.36. The summed E-state index contributed by atoms with van der Waals surface area (Å²) >= 11 is 0. The SMILES string of the molecule is CCCCCCCCCCCCCC[C@@H]1CO[C@@H](COCCCCCCOS(=O)(=O)c2ccc(C)cc2)C1. The first-order valence-electron chi connectivity index (χ1n) is 15.7. The number of hydrogen-bond donors (Lipinski definition) is 0.